The highest BCUT2D eigenvalue weighted by atomic mass is 32.2. The molecule has 5 atom stereocenters. The quantitative estimate of drug-likeness (QED) is 0.0520. The van der Waals surface area contributed by atoms with E-state index in [0.717, 1.165) is 31.2 Å². The number of oxime groups is 1. The van der Waals surface area contributed by atoms with E-state index in [2.05, 4.69) is 20.8 Å². The molecule has 1 aliphatic rings. The molecule has 4 amide bonds. The molecule has 3 aromatic rings. The van der Waals surface area contributed by atoms with Crippen LogP contribution in [0.1, 0.15) is 102 Å². The van der Waals surface area contributed by atoms with E-state index in [-0.39, 0.29) is 42.8 Å². The molecular weight excluding hydrogens is 795 g/mol. The lowest BCUT2D eigenvalue weighted by atomic mass is 9.96. The maximum Gasteiger partial charge on any atom is 0.408 e. The standard InChI is InChI=1S/C42H61N7O8S2/c1-8-28(2)37(46-40(52)47(7)25-33-27-58-39(44-33)29(3)49(41(53)54)42(4,5)6)38(51)45-35(22-30-14-10-9-11-15-30)36(50)26-48(24-32-16-12-13-17-32)59(56,57)34-20-18-31(19-21-34)23-43-55/h9-11,14-15,18-21,23,27-29,32,35-37,50,55H,8,12-13,16-17,22,24-26H2,1-7H3,(H,45,51)(H,46,52)(H,53,54)/t28-,29-,35-,36+,37-/m0/s1. The number of nitrogens with zero attached hydrogens (tertiary/aromatic N) is 5. The number of carbonyl (C=O) groups excluding carboxylic acids is 2. The summed E-state index contributed by atoms with van der Waals surface area (Å²) in [6.45, 7) is 11.0. The smallest absolute Gasteiger partial charge is 0.408 e. The van der Waals surface area contributed by atoms with Crippen molar-refractivity contribution in [3.8, 4) is 0 Å². The first kappa shape index (κ1) is 47.1. The third kappa shape index (κ3) is 13.0. The Bertz CT molecular complexity index is 1970. The van der Waals surface area contributed by atoms with Gasteiger partial charge in [-0.15, -0.1) is 11.3 Å². The lowest BCUT2D eigenvalue weighted by Crippen LogP contribution is -2.58. The summed E-state index contributed by atoms with van der Waals surface area (Å²) in [6.07, 6.45) is 3.27. The number of carbonyl (C=O) groups is 3. The summed E-state index contributed by atoms with van der Waals surface area (Å²) in [7, 11) is -2.51. The van der Waals surface area contributed by atoms with Gasteiger partial charge in [0.2, 0.25) is 15.9 Å². The Kier molecular flexibility index (Phi) is 16.8. The van der Waals surface area contributed by atoms with Gasteiger partial charge in [0.05, 0.1) is 41.5 Å². The van der Waals surface area contributed by atoms with Gasteiger partial charge in [0.25, 0.3) is 0 Å². The van der Waals surface area contributed by atoms with Crippen molar-refractivity contribution in [1.82, 2.24) is 29.7 Å². The molecule has 0 unspecified atom stereocenters. The fraction of sp³-hybridized carbons (Fsp3) is 0.548. The lowest BCUT2D eigenvalue weighted by molar-refractivity contribution is -0.125. The van der Waals surface area contributed by atoms with Gasteiger partial charge in [0, 0.05) is 31.1 Å². The predicted molar refractivity (Wildman–Crippen MR) is 228 cm³/mol. The van der Waals surface area contributed by atoms with Crippen LogP contribution in [0.15, 0.2) is 70.0 Å². The SMILES string of the molecule is CC[C@H](C)[C@H](NC(=O)N(C)Cc1csc([C@H](C)N(C(=O)O)C(C)(C)C)n1)C(=O)N[C@@H](Cc1ccccc1)[C@H](O)CN(CC1CCCC1)S(=O)(=O)c1ccc(C=NO)cc1. The van der Waals surface area contributed by atoms with Crippen LogP contribution in [-0.2, 0) is 27.8 Å². The Morgan fingerprint density at radius 1 is 1.03 bits per heavy atom. The molecule has 59 heavy (non-hydrogen) atoms. The molecule has 0 radical (unpaired) electrons. The summed E-state index contributed by atoms with van der Waals surface area (Å²) < 4.78 is 29.7. The molecule has 5 N–H and O–H groups in total. The van der Waals surface area contributed by atoms with Gasteiger partial charge >= 0.3 is 12.1 Å². The van der Waals surface area contributed by atoms with Crippen LogP contribution in [0.4, 0.5) is 9.59 Å². The van der Waals surface area contributed by atoms with Gasteiger partial charge in [-0.25, -0.2) is 23.0 Å². The maximum absolute atomic E-state index is 14.2. The summed E-state index contributed by atoms with van der Waals surface area (Å²) in [5, 5.41) is 42.0. The van der Waals surface area contributed by atoms with E-state index in [4.69, 9.17) is 5.21 Å². The maximum atomic E-state index is 14.2. The van der Waals surface area contributed by atoms with Gasteiger partial charge in [-0.2, -0.15) is 4.31 Å². The summed E-state index contributed by atoms with van der Waals surface area (Å²) in [6, 6.07) is 12.3. The van der Waals surface area contributed by atoms with E-state index in [1.165, 1.54) is 55.9 Å². The minimum absolute atomic E-state index is 0.0284. The van der Waals surface area contributed by atoms with Crippen molar-refractivity contribution >= 4 is 45.6 Å². The summed E-state index contributed by atoms with van der Waals surface area (Å²) >= 11 is 1.31. The van der Waals surface area contributed by atoms with E-state index < -0.39 is 57.8 Å². The zero-order valence-electron chi connectivity index (χ0n) is 35.1. The van der Waals surface area contributed by atoms with Crippen molar-refractivity contribution in [3.05, 3.63) is 81.8 Å². The number of sulfonamides is 1. The number of benzene rings is 2. The van der Waals surface area contributed by atoms with Crippen molar-refractivity contribution in [2.75, 3.05) is 20.1 Å². The Balaban J connectivity index is 1.54. The number of amides is 4. The van der Waals surface area contributed by atoms with Gasteiger partial charge in [-0.3, -0.25) is 9.69 Å². The van der Waals surface area contributed by atoms with Gasteiger partial charge in [0.1, 0.15) is 11.0 Å². The van der Waals surface area contributed by atoms with Crippen LogP contribution < -0.4 is 10.6 Å². The number of hydrogen-bond acceptors (Lipinski definition) is 10. The van der Waals surface area contributed by atoms with Crippen LogP contribution in [-0.4, -0.2) is 111 Å². The number of nitrogens with one attached hydrogen (secondary N) is 2. The molecule has 1 saturated carbocycles. The van der Waals surface area contributed by atoms with Crippen molar-refractivity contribution in [2.45, 2.75) is 121 Å². The second-order valence-corrected chi connectivity index (χ2v) is 19.3. The fourth-order valence-corrected chi connectivity index (χ4v) is 9.83. The molecule has 15 nitrogen and oxygen atoms in total. The molecule has 0 bridgehead atoms. The first-order valence-corrected chi connectivity index (χ1v) is 22.5. The van der Waals surface area contributed by atoms with E-state index in [1.54, 1.807) is 19.4 Å². The Labute approximate surface area is 352 Å². The third-order valence-electron chi connectivity index (χ3n) is 10.9. The van der Waals surface area contributed by atoms with Crippen LogP contribution in [0.2, 0.25) is 0 Å². The molecule has 324 valence electrons. The van der Waals surface area contributed by atoms with E-state index in [1.807, 2.05) is 65.0 Å². The van der Waals surface area contributed by atoms with Crippen LogP contribution in [0.3, 0.4) is 0 Å². The molecule has 17 heteroatoms. The molecule has 1 aliphatic carbocycles. The summed E-state index contributed by atoms with van der Waals surface area (Å²) in [5.41, 5.74) is 1.24. The second kappa shape index (κ2) is 21.1. The van der Waals surface area contributed by atoms with E-state index >= 15 is 0 Å². The Morgan fingerprint density at radius 3 is 2.25 bits per heavy atom. The van der Waals surface area contributed by atoms with E-state index in [9.17, 15) is 33.0 Å². The number of rotatable bonds is 19. The minimum atomic E-state index is -4.10. The lowest BCUT2D eigenvalue weighted by Gasteiger charge is -2.37. The number of carboxylic acid groups (broad SMARTS) is 1. The molecule has 1 fully saturated rings. The highest BCUT2D eigenvalue weighted by molar-refractivity contribution is 7.89. The zero-order chi connectivity index (χ0) is 43.5. The molecule has 2 aromatic carbocycles. The predicted octanol–water partition coefficient (Wildman–Crippen LogP) is 6.32. The van der Waals surface area contributed by atoms with Gasteiger partial charge in [0.15, 0.2) is 0 Å². The first-order valence-electron chi connectivity index (χ1n) is 20.1. The number of thiazole rings is 1. The fourth-order valence-electron chi connectivity index (χ4n) is 7.44. The number of hydrogen-bond donors (Lipinski definition) is 5. The Morgan fingerprint density at radius 2 is 1.68 bits per heavy atom. The van der Waals surface area contributed by atoms with Crippen molar-refractivity contribution in [1.29, 1.82) is 0 Å². The van der Waals surface area contributed by atoms with Crippen molar-refractivity contribution in [2.24, 2.45) is 17.0 Å². The van der Waals surface area contributed by atoms with Crippen molar-refractivity contribution in [3.63, 3.8) is 0 Å². The van der Waals surface area contributed by atoms with Crippen LogP contribution >= 0.6 is 11.3 Å². The number of urea groups is 1. The first-order chi connectivity index (χ1) is 27.8. The van der Waals surface area contributed by atoms with Crippen LogP contribution in [0.25, 0.3) is 0 Å². The topological polar surface area (TPSA) is 205 Å². The normalized spacial score (nSPS) is 16.4. The molecule has 1 heterocycles. The monoisotopic (exact) mass is 855 g/mol. The van der Waals surface area contributed by atoms with E-state index in [0.29, 0.717) is 22.7 Å². The number of aromatic nitrogens is 1. The molecule has 4 rings (SSSR count). The van der Waals surface area contributed by atoms with Gasteiger partial charge < -0.3 is 31.0 Å². The van der Waals surface area contributed by atoms with Crippen molar-refractivity contribution < 1.29 is 38.2 Å². The minimum Gasteiger partial charge on any atom is -0.465 e. The summed E-state index contributed by atoms with van der Waals surface area (Å²) in [5.74, 6) is -0.719. The molecular formula is C42H61N7O8S2. The highest BCUT2D eigenvalue weighted by Crippen LogP contribution is 2.31. The summed E-state index contributed by atoms with van der Waals surface area (Å²) in [4.78, 5) is 47.4. The third-order valence-corrected chi connectivity index (χ3v) is 13.8. The van der Waals surface area contributed by atoms with Gasteiger partial charge in [-0.1, -0.05) is 80.7 Å². The molecule has 0 aliphatic heterocycles. The highest BCUT2D eigenvalue weighted by Gasteiger charge is 2.36. The average Bonchev–Trinajstić information content (AvgIpc) is 3.88. The largest absolute Gasteiger partial charge is 0.465 e. The molecule has 1 aromatic heterocycles. The number of aliphatic hydroxyl groups is 1. The Hall–Kier alpha value is -4.58. The van der Waals surface area contributed by atoms with Crippen LogP contribution in [0.5, 0.6) is 0 Å². The van der Waals surface area contributed by atoms with Gasteiger partial charge in [-0.05, 0) is 82.1 Å². The van der Waals surface area contributed by atoms with Crippen LogP contribution in [0, 0.1) is 11.8 Å². The molecule has 0 spiro atoms. The zero-order valence-corrected chi connectivity index (χ0v) is 36.7. The number of aliphatic hydroxyl groups excluding tert-OH is 1. The second-order valence-electron chi connectivity index (χ2n) is 16.5. The molecule has 0 saturated heterocycles. The average molecular weight is 856 g/mol.